The molecule has 1 aliphatic carbocycles. The van der Waals surface area contributed by atoms with Gasteiger partial charge in [0.05, 0.1) is 5.69 Å². The molecule has 0 fully saturated rings. The van der Waals surface area contributed by atoms with E-state index in [2.05, 4.69) is 170 Å². The van der Waals surface area contributed by atoms with Gasteiger partial charge in [0.15, 0.2) is 0 Å². The van der Waals surface area contributed by atoms with Gasteiger partial charge in [0.25, 0.3) is 0 Å². The molecule has 1 aliphatic rings. The van der Waals surface area contributed by atoms with Crippen LogP contribution in [0.5, 0.6) is 0 Å². The van der Waals surface area contributed by atoms with Crippen LogP contribution in [0, 0.1) is 0 Å². The summed E-state index contributed by atoms with van der Waals surface area (Å²) in [7, 11) is 0. The molecule has 0 saturated heterocycles. The van der Waals surface area contributed by atoms with Gasteiger partial charge < -0.3 is 4.90 Å². The molecule has 1 heterocycles. The third-order valence-electron chi connectivity index (χ3n) is 10.4. The van der Waals surface area contributed by atoms with Crippen molar-refractivity contribution in [3.8, 4) is 11.1 Å². The Morgan fingerprint density at radius 1 is 0.447 bits per heavy atom. The average Bonchev–Trinajstić information content (AvgIpc) is 3.60. The van der Waals surface area contributed by atoms with Crippen LogP contribution in [0.2, 0.25) is 0 Å². The van der Waals surface area contributed by atoms with Gasteiger partial charge in [0, 0.05) is 42.3 Å². The molecule has 0 N–H and O–H groups in total. The summed E-state index contributed by atoms with van der Waals surface area (Å²) in [5, 5.41) is 10.3. The van der Waals surface area contributed by atoms with Crippen molar-refractivity contribution in [1.82, 2.24) is 0 Å². The number of hydrogen-bond donors (Lipinski definition) is 0. The van der Waals surface area contributed by atoms with E-state index in [1.165, 1.54) is 91.8 Å². The smallest absolute Gasteiger partial charge is 0.0546 e. The Balaban J connectivity index is 1.29. The maximum Gasteiger partial charge on any atom is 0.0546 e. The molecule has 0 atom stereocenters. The van der Waals surface area contributed by atoms with E-state index in [1.54, 1.807) is 0 Å². The minimum Gasteiger partial charge on any atom is -0.310 e. The predicted octanol–water partition coefficient (Wildman–Crippen LogP) is 13.3. The molecule has 0 aliphatic heterocycles. The van der Waals surface area contributed by atoms with Crippen molar-refractivity contribution in [2.75, 3.05) is 4.90 Å². The highest BCUT2D eigenvalue weighted by Crippen LogP contribution is 2.52. The van der Waals surface area contributed by atoms with Crippen molar-refractivity contribution in [2.24, 2.45) is 0 Å². The highest BCUT2D eigenvalue weighted by molar-refractivity contribution is 7.25. The summed E-state index contributed by atoms with van der Waals surface area (Å²) in [4.78, 5) is 2.50. The molecule has 222 valence electrons. The van der Waals surface area contributed by atoms with Crippen LogP contribution >= 0.6 is 11.3 Å². The summed E-state index contributed by atoms with van der Waals surface area (Å²) >= 11 is 1.87. The van der Waals surface area contributed by atoms with Crippen LogP contribution < -0.4 is 4.90 Å². The number of benzene rings is 8. The van der Waals surface area contributed by atoms with Crippen LogP contribution in [0.3, 0.4) is 0 Å². The molecular weight excluding hydrogens is 587 g/mol. The summed E-state index contributed by atoms with van der Waals surface area (Å²) in [5.74, 6) is 0. The summed E-state index contributed by atoms with van der Waals surface area (Å²) < 4.78 is 2.64. The highest BCUT2D eigenvalue weighted by atomic mass is 32.1. The Morgan fingerprint density at radius 2 is 1.09 bits per heavy atom. The van der Waals surface area contributed by atoms with Crippen molar-refractivity contribution < 1.29 is 0 Å². The van der Waals surface area contributed by atoms with E-state index in [0.29, 0.717) is 0 Å². The molecule has 2 heteroatoms. The average molecular weight is 618 g/mol. The van der Waals surface area contributed by atoms with Crippen LogP contribution in [-0.2, 0) is 5.41 Å². The second-order valence-electron chi connectivity index (χ2n) is 13.3. The van der Waals surface area contributed by atoms with Crippen molar-refractivity contribution in [2.45, 2.75) is 19.3 Å². The monoisotopic (exact) mass is 617 g/mol. The van der Waals surface area contributed by atoms with Gasteiger partial charge in [-0.15, -0.1) is 11.3 Å². The zero-order valence-electron chi connectivity index (χ0n) is 26.3. The molecule has 0 saturated carbocycles. The first-order valence-electron chi connectivity index (χ1n) is 16.4. The molecule has 10 rings (SSSR count). The summed E-state index contributed by atoms with van der Waals surface area (Å²) in [6.07, 6.45) is 0. The van der Waals surface area contributed by atoms with Gasteiger partial charge in [-0.1, -0.05) is 123 Å². The van der Waals surface area contributed by atoms with Crippen LogP contribution in [-0.4, -0.2) is 0 Å². The molecule has 0 bridgehead atoms. The Morgan fingerprint density at radius 3 is 1.98 bits per heavy atom. The highest BCUT2D eigenvalue weighted by Gasteiger charge is 2.36. The standard InChI is InChI=1S/C45H31NS/c1-45(2)39-17-9-7-13-33(39)34-23-21-31(27-40(34)45)46(30-22-24-43-38(26-30)36-15-8-10-18-42(36)47-43)41-25-29-20-19-28-11-3-4-12-32(28)44(29)37-16-6-5-14-35(37)41/h3-27H,1-2H3. The third kappa shape index (κ3) is 3.83. The lowest BCUT2D eigenvalue weighted by atomic mass is 9.82. The Bertz CT molecular complexity index is 2730. The second-order valence-corrected chi connectivity index (χ2v) is 14.4. The largest absolute Gasteiger partial charge is 0.310 e. The van der Waals surface area contributed by atoms with Crippen LogP contribution in [0.15, 0.2) is 152 Å². The van der Waals surface area contributed by atoms with E-state index < -0.39 is 0 Å². The first kappa shape index (κ1) is 26.7. The topological polar surface area (TPSA) is 3.24 Å². The third-order valence-corrected chi connectivity index (χ3v) is 11.6. The number of hydrogen-bond acceptors (Lipinski definition) is 2. The lowest BCUT2D eigenvalue weighted by Crippen LogP contribution is -2.16. The summed E-state index contributed by atoms with van der Waals surface area (Å²) in [5.41, 5.74) is 8.89. The molecule has 0 unspecified atom stereocenters. The molecule has 0 spiro atoms. The minimum absolute atomic E-state index is 0.0918. The lowest BCUT2D eigenvalue weighted by molar-refractivity contribution is 0.660. The Labute approximate surface area is 278 Å². The van der Waals surface area contributed by atoms with E-state index in [1.807, 2.05) is 11.3 Å². The predicted molar refractivity (Wildman–Crippen MR) is 204 cm³/mol. The number of rotatable bonds is 3. The van der Waals surface area contributed by atoms with E-state index in [4.69, 9.17) is 0 Å². The van der Waals surface area contributed by atoms with Crippen molar-refractivity contribution in [1.29, 1.82) is 0 Å². The summed E-state index contributed by atoms with van der Waals surface area (Å²) in [6, 6.07) is 56.5. The van der Waals surface area contributed by atoms with Crippen molar-refractivity contribution in [3.63, 3.8) is 0 Å². The molecule has 0 radical (unpaired) electrons. The number of nitrogens with zero attached hydrogens (tertiary/aromatic N) is 1. The van der Waals surface area contributed by atoms with Crippen molar-refractivity contribution in [3.05, 3.63) is 163 Å². The van der Waals surface area contributed by atoms with Gasteiger partial charge in [-0.3, -0.25) is 0 Å². The molecule has 8 aromatic carbocycles. The van der Waals surface area contributed by atoms with E-state index in [0.717, 1.165) is 0 Å². The van der Waals surface area contributed by atoms with E-state index in [9.17, 15) is 0 Å². The number of anilines is 3. The fourth-order valence-electron chi connectivity index (χ4n) is 8.16. The van der Waals surface area contributed by atoms with Crippen LogP contribution in [0.25, 0.3) is 63.6 Å². The minimum atomic E-state index is -0.0918. The summed E-state index contributed by atoms with van der Waals surface area (Å²) in [6.45, 7) is 4.73. The fourth-order valence-corrected chi connectivity index (χ4v) is 9.24. The molecule has 9 aromatic rings. The van der Waals surface area contributed by atoms with Gasteiger partial charge in [0.2, 0.25) is 0 Å². The van der Waals surface area contributed by atoms with Crippen LogP contribution in [0.1, 0.15) is 25.0 Å². The molecular formula is C45H31NS. The fraction of sp³-hybridized carbons (Fsp3) is 0.0667. The first-order valence-corrected chi connectivity index (χ1v) is 17.2. The van der Waals surface area contributed by atoms with Gasteiger partial charge in [-0.05, 0) is 91.6 Å². The first-order chi connectivity index (χ1) is 23.1. The Kier molecular flexibility index (Phi) is 5.57. The van der Waals surface area contributed by atoms with Gasteiger partial charge in [-0.25, -0.2) is 0 Å². The van der Waals surface area contributed by atoms with Gasteiger partial charge >= 0.3 is 0 Å². The second kappa shape index (κ2) is 9.78. The molecule has 47 heavy (non-hydrogen) atoms. The quantitative estimate of drug-likeness (QED) is 0.178. The normalized spacial score (nSPS) is 13.5. The molecule has 1 aromatic heterocycles. The SMILES string of the molecule is CC1(C)c2ccccc2-c2ccc(N(c3ccc4sc5ccccc5c4c3)c3cc4ccc5ccccc5c4c4ccccc34)cc21. The van der Waals surface area contributed by atoms with Crippen LogP contribution in [0.4, 0.5) is 17.1 Å². The maximum absolute atomic E-state index is 2.50. The van der Waals surface area contributed by atoms with E-state index >= 15 is 0 Å². The van der Waals surface area contributed by atoms with Gasteiger partial charge in [-0.2, -0.15) is 0 Å². The van der Waals surface area contributed by atoms with Gasteiger partial charge in [0.1, 0.15) is 0 Å². The maximum atomic E-state index is 2.50. The number of thiophene rings is 1. The number of fused-ring (bicyclic) bond motifs is 11. The Hall–Kier alpha value is -5.44. The zero-order valence-corrected chi connectivity index (χ0v) is 27.1. The van der Waals surface area contributed by atoms with E-state index in [-0.39, 0.29) is 5.41 Å². The molecule has 1 nitrogen and oxygen atoms in total. The lowest BCUT2D eigenvalue weighted by Gasteiger charge is -2.30. The van der Waals surface area contributed by atoms with Crippen molar-refractivity contribution >= 4 is 80.9 Å². The molecule has 0 amide bonds. The zero-order chi connectivity index (χ0) is 31.3.